The Hall–Kier alpha value is -2.85. The fraction of sp³-hybridized carbons (Fsp3) is 0.368. The van der Waals surface area contributed by atoms with Gasteiger partial charge in [-0.05, 0) is 26.3 Å². The fourth-order valence-electron chi connectivity index (χ4n) is 2.33. The van der Waals surface area contributed by atoms with Crippen molar-refractivity contribution in [2.75, 3.05) is 13.7 Å². The minimum absolute atomic E-state index is 0.127. The molecular weight excluding hydrogens is 368 g/mol. The third kappa shape index (κ3) is 4.66. The Morgan fingerprint density at radius 3 is 2.56 bits per heavy atom. The molecule has 0 N–H and O–H groups in total. The zero-order valence-electron chi connectivity index (χ0n) is 15.7. The Bertz CT molecular complexity index is 884. The van der Waals surface area contributed by atoms with Crippen molar-refractivity contribution in [1.29, 1.82) is 5.26 Å². The predicted octanol–water partition coefficient (Wildman–Crippen LogP) is 2.81. The highest BCUT2D eigenvalue weighted by atomic mass is 35.5. The van der Waals surface area contributed by atoms with E-state index in [0.29, 0.717) is 12.2 Å². The molecular formula is C19H21ClN4O3. The van der Waals surface area contributed by atoms with E-state index in [1.54, 1.807) is 20.8 Å². The summed E-state index contributed by atoms with van der Waals surface area (Å²) in [6.07, 6.45) is 0. The SMILES string of the molecule is Cc1nn(Cc2ccccc2)c(Cl)c1C(=O)OCC(=O)N(C)C(C)(C)C#N. The summed E-state index contributed by atoms with van der Waals surface area (Å²) in [5.41, 5.74) is 0.525. The van der Waals surface area contributed by atoms with Crippen LogP contribution in [0.3, 0.4) is 0 Å². The first-order valence-corrected chi connectivity index (χ1v) is 8.67. The quantitative estimate of drug-likeness (QED) is 0.710. The summed E-state index contributed by atoms with van der Waals surface area (Å²) in [5.74, 6) is -1.21. The van der Waals surface area contributed by atoms with Crippen LogP contribution in [0.25, 0.3) is 0 Å². The molecule has 2 rings (SSSR count). The number of esters is 1. The number of benzene rings is 1. The van der Waals surface area contributed by atoms with Crippen LogP contribution in [0.5, 0.6) is 0 Å². The van der Waals surface area contributed by atoms with E-state index in [0.717, 1.165) is 5.56 Å². The molecule has 0 atom stereocenters. The third-order valence-electron chi connectivity index (χ3n) is 4.26. The molecule has 142 valence electrons. The molecule has 1 amide bonds. The average Bonchev–Trinajstić information content (AvgIpc) is 2.93. The van der Waals surface area contributed by atoms with Gasteiger partial charge in [0.1, 0.15) is 16.3 Å². The molecule has 0 saturated carbocycles. The molecule has 0 aliphatic heterocycles. The molecule has 0 unspecified atom stereocenters. The highest BCUT2D eigenvalue weighted by molar-refractivity contribution is 6.32. The van der Waals surface area contributed by atoms with Gasteiger partial charge in [0.15, 0.2) is 6.61 Å². The molecule has 2 aromatic rings. The summed E-state index contributed by atoms with van der Waals surface area (Å²) in [6, 6.07) is 11.6. The van der Waals surface area contributed by atoms with E-state index in [4.69, 9.17) is 21.6 Å². The maximum absolute atomic E-state index is 12.4. The lowest BCUT2D eigenvalue weighted by Crippen LogP contribution is -2.45. The van der Waals surface area contributed by atoms with Crippen LogP contribution in [0.15, 0.2) is 30.3 Å². The number of carbonyl (C=O) groups excluding carboxylic acids is 2. The summed E-state index contributed by atoms with van der Waals surface area (Å²) < 4.78 is 6.61. The predicted molar refractivity (Wildman–Crippen MR) is 100 cm³/mol. The smallest absolute Gasteiger partial charge is 0.343 e. The number of aryl methyl sites for hydroxylation is 1. The molecule has 0 aliphatic rings. The lowest BCUT2D eigenvalue weighted by atomic mass is 10.1. The van der Waals surface area contributed by atoms with Crippen molar-refractivity contribution < 1.29 is 14.3 Å². The number of amides is 1. The van der Waals surface area contributed by atoms with Crippen molar-refractivity contribution in [3.05, 3.63) is 52.3 Å². The maximum atomic E-state index is 12.4. The topological polar surface area (TPSA) is 88.2 Å². The third-order valence-corrected chi connectivity index (χ3v) is 4.64. The summed E-state index contributed by atoms with van der Waals surface area (Å²) in [4.78, 5) is 25.8. The first kappa shape index (κ1) is 20.5. The Labute approximate surface area is 163 Å². The van der Waals surface area contributed by atoms with Crippen LogP contribution in [0.1, 0.15) is 35.5 Å². The monoisotopic (exact) mass is 388 g/mol. The fourth-order valence-corrected chi connectivity index (χ4v) is 2.64. The van der Waals surface area contributed by atoms with Gasteiger partial charge in [-0.25, -0.2) is 9.48 Å². The molecule has 1 heterocycles. The number of hydrogen-bond donors (Lipinski definition) is 0. The van der Waals surface area contributed by atoms with Gasteiger partial charge in [-0.3, -0.25) is 4.79 Å². The standard InChI is InChI=1S/C19H21ClN4O3/c1-13-16(17(20)24(22-13)10-14-8-6-5-7-9-14)18(26)27-11-15(25)23(4)19(2,3)12-21/h5-9H,10-11H2,1-4H3. The number of aromatic nitrogens is 2. The van der Waals surface area contributed by atoms with Gasteiger partial charge in [-0.1, -0.05) is 41.9 Å². The van der Waals surface area contributed by atoms with Crippen molar-refractivity contribution in [2.24, 2.45) is 0 Å². The average molecular weight is 389 g/mol. The van der Waals surface area contributed by atoms with Crippen molar-refractivity contribution in [3.63, 3.8) is 0 Å². The molecule has 1 aromatic carbocycles. The molecule has 27 heavy (non-hydrogen) atoms. The number of rotatable bonds is 6. The second kappa shape index (κ2) is 8.23. The second-order valence-corrected chi connectivity index (χ2v) is 6.95. The van der Waals surface area contributed by atoms with E-state index in [2.05, 4.69) is 5.10 Å². The number of halogens is 1. The van der Waals surface area contributed by atoms with Gasteiger partial charge in [-0.2, -0.15) is 10.4 Å². The van der Waals surface area contributed by atoms with E-state index in [-0.39, 0.29) is 10.7 Å². The largest absolute Gasteiger partial charge is 0.452 e. The Kier molecular flexibility index (Phi) is 6.24. The molecule has 8 heteroatoms. The van der Waals surface area contributed by atoms with Crippen LogP contribution >= 0.6 is 11.6 Å². The van der Waals surface area contributed by atoms with E-state index < -0.39 is 24.0 Å². The minimum Gasteiger partial charge on any atom is -0.452 e. The van der Waals surface area contributed by atoms with E-state index in [1.165, 1.54) is 16.6 Å². The van der Waals surface area contributed by atoms with Crippen LogP contribution in [0, 0.1) is 18.3 Å². The number of hydrogen-bond acceptors (Lipinski definition) is 5. The van der Waals surface area contributed by atoms with Crippen LogP contribution in [-0.2, 0) is 16.1 Å². The molecule has 0 fully saturated rings. The van der Waals surface area contributed by atoms with Gasteiger partial charge in [-0.15, -0.1) is 0 Å². The summed E-state index contributed by atoms with van der Waals surface area (Å²) in [7, 11) is 1.48. The molecule has 0 radical (unpaired) electrons. The number of ether oxygens (including phenoxy) is 1. The normalized spacial score (nSPS) is 11.0. The summed E-state index contributed by atoms with van der Waals surface area (Å²) in [5, 5.41) is 13.5. The van der Waals surface area contributed by atoms with Crippen molar-refractivity contribution in [3.8, 4) is 6.07 Å². The number of likely N-dealkylation sites (N-methyl/N-ethyl adjacent to an activating group) is 1. The van der Waals surface area contributed by atoms with E-state index >= 15 is 0 Å². The molecule has 0 saturated heterocycles. The molecule has 7 nitrogen and oxygen atoms in total. The zero-order chi connectivity index (χ0) is 20.2. The highest BCUT2D eigenvalue weighted by Crippen LogP contribution is 2.22. The van der Waals surface area contributed by atoms with Crippen LogP contribution in [0.4, 0.5) is 0 Å². The molecule has 0 spiro atoms. The lowest BCUT2D eigenvalue weighted by Gasteiger charge is -2.28. The van der Waals surface area contributed by atoms with Crippen LogP contribution in [0.2, 0.25) is 5.15 Å². The highest BCUT2D eigenvalue weighted by Gasteiger charge is 2.29. The van der Waals surface area contributed by atoms with Gasteiger partial charge in [0.2, 0.25) is 0 Å². The number of carbonyl (C=O) groups is 2. The number of nitriles is 1. The lowest BCUT2D eigenvalue weighted by molar-refractivity contribution is -0.136. The van der Waals surface area contributed by atoms with E-state index in [9.17, 15) is 9.59 Å². The first-order chi connectivity index (χ1) is 12.7. The first-order valence-electron chi connectivity index (χ1n) is 8.29. The zero-order valence-corrected chi connectivity index (χ0v) is 16.4. The van der Waals surface area contributed by atoms with Gasteiger partial charge in [0.25, 0.3) is 5.91 Å². The molecule has 1 aromatic heterocycles. The van der Waals surface area contributed by atoms with Crippen molar-refractivity contribution in [1.82, 2.24) is 14.7 Å². The van der Waals surface area contributed by atoms with Gasteiger partial charge >= 0.3 is 5.97 Å². The summed E-state index contributed by atoms with van der Waals surface area (Å²) >= 11 is 6.31. The molecule has 0 aliphatic carbocycles. The minimum atomic E-state index is -1.00. The van der Waals surface area contributed by atoms with Crippen LogP contribution < -0.4 is 0 Å². The summed E-state index contributed by atoms with van der Waals surface area (Å²) in [6.45, 7) is 4.77. The van der Waals surface area contributed by atoms with Crippen molar-refractivity contribution >= 4 is 23.5 Å². The Morgan fingerprint density at radius 2 is 1.96 bits per heavy atom. The molecule has 0 bridgehead atoms. The van der Waals surface area contributed by atoms with Gasteiger partial charge < -0.3 is 9.64 Å². The van der Waals surface area contributed by atoms with Gasteiger partial charge in [0, 0.05) is 7.05 Å². The Morgan fingerprint density at radius 1 is 1.33 bits per heavy atom. The van der Waals surface area contributed by atoms with Crippen LogP contribution in [-0.4, -0.2) is 45.8 Å². The van der Waals surface area contributed by atoms with Gasteiger partial charge in [0.05, 0.1) is 18.3 Å². The van der Waals surface area contributed by atoms with E-state index in [1.807, 2.05) is 36.4 Å². The Balaban J connectivity index is 2.09. The maximum Gasteiger partial charge on any atom is 0.343 e. The number of nitrogens with zero attached hydrogens (tertiary/aromatic N) is 4. The second-order valence-electron chi connectivity index (χ2n) is 6.59. The van der Waals surface area contributed by atoms with Crippen molar-refractivity contribution in [2.45, 2.75) is 32.9 Å².